The monoisotopic (exact) mass is 430 g/mol. The zero-order valence-corrected chi connectivity index (χ0v) is 18.9. The summed E-state index contributed by atoms with van der Waals surface area (Å²) in [4.78, 5) is 45.7. The van der Waals surface area contributed by atoms with Crippen molar-refractivity contribution in [3.05, 3.63) is 0 Å². The first kappa shape index (κ1) is 27.9. The SMILES string of the molecule is CC(C)C(=O)OCCCCCC(=O)OCCOC(=O)CCCCCOC(=O)C(C)C. The Labute approximate surface area is 180 Å². The van der Waals surface area contributed by atoms with Gasteiger partial charge in [-0.1, -0.05) is 27.7 Å². The summed E-state index contributed by atoms with van der Waals surface area (Å²) in [6, 6.07) is 0. The average Bonchev–Trinajstić information content (AvgIpc) is 2.69. The molecule has 0 radical (unpaired) electrons. The van der Waals surface area contributed by atoms with Gasteiger partial charge in [0, 0.05) is 12.8 Å². The lowest BCUT2D eigenvalue weighted by Crippen LogP contribution is -2.14. The minimum absolute atomic E-state index is 0.0434. The maximum atomic E-state index is 11.6. The van der Waals surface area contributed by atoms with Crippen molar-refractivity contribution >= 4 is 23.9 Å². The van der Waals surface area contributed by atoms with Gasteiger partial charge in [-0.25, -0.2) is 0 Å². The number of unbranched alkanes of at least 4 members (excludes halogenated alkanes) is 4. The van der Waals surface area contributed by atoms with Crippen LogP contribution >= 0.6 is 0 Å². The van der Waals surface area contributed by atoms with Crippen LogP contribution in [0.5, 0.6) is 0 Å². The van der Waals surface area contributed by atoms with Crippen LogP contribution in [0.4, 0.5) is 0 Å². The van der Waals surface area contributed by atoms with Gasteiger partial charge < -0.3 is 18.9 Å². The van der Waals surface area contributed by atoms with E-state index in [2.05, 4.69) is 0 Å². The van der Waals surface area contributed by atoms with E-state index in [1.54, 1.807) is 27.7 Å². The van der Waals surface area contributed by atoms with Crippen molar-refractivity contribution in [2.75, 3.05) is 26.4 Å². The molecule has 0 saturated carbocycles. The smallest absolute Gasteiger partial charge is 0.308 e. The normalized spacial score (nSPS) is 10.7. The minimum atomic E-state index is -0.332. The highest BCUT2D eigenvalue weighted by atomic mass is 16.6. The van der Waals surface area contributed by atoms with Crippen LogP contribution in [-0.4, -0.2) is 50.3 Å². The number of ether oxygens (including phenoxy) is 4. The first-order valence-corrected chi connectivity index (χ1v) is 10.9. The highest BCUT2D eigenvalue weighted by molar-refractivity contribution is 5.72. The van der Waals surface area contributed by atoms with Gasteiger partial charge in [-0.15, -0.1) is 0 Å². The molecule has 0 aromatic heterocycles. The zero-order chi connectivity index (χ0) is 22.8. The second-order valence-electron chi connectivity index (χ2n) is 7.71. The van der Waals surface area contributed by atoms with Gasteiger partial charge >= 0.3 is 23.9 Å². The van der Waals surface area contributed by atoms with E-state index in [1.165, 1.54) is 0 Å². The molecule has 174 valence electrons. The number of hydrogen-bond acceptors (Lipinski definition) is 8. The Morgan fingerprint density at radius 3 is 1.20 bits per heavy atom. The summed E-state index contributed by atoms with van der Waals surface area (Å²) in [5, 5.41) is 0. The lowest BCUT2D eigenvalue weighted by atomic mass is 10.2. The van der Waals surface area contributed by atoms with Crippen molar-refractivity contribution in [1.82, 2.24) is 0 Å². The van der Waals surface area contributed by atoms with Gasteiger partial charge in [-0.2, -0.15) is 0 Å². The van der Waals surface area contributed by atoms with Crippen LogP contribution in [0.15, 0.2) is 0 Å². The Balaban J connectivity index is 3.47. The summed E-state index contributed by atoms with van der Waals surface area (Å²) >= 11 is 0. The quantitative estimate of drug-likeness (QED) is 0.196. The van der Waals surface area contributed by atoms with E-state index >= 15 is 0 Å². The Morgan fingerprint density at radius 2 is 0.867 bits per heavy atom. The lowest BCUT2D eigenvalue weighted by Gasteiger charge is -2.08. The Bertz CT molecular complexity index is 467. The molecule has 0 saturated heterocycles. The fraction of sp³-hybridized carbons (Fsp3) is 0.818. The van der Waals surface area contributed by atoms with Crippen molar-refractivity contribution in [3.8, 4) is 0 Å². The number of esters is 4. The molecule has 0 unspecified atom stereocenters. The van der Waals surface area contributed by atoms with Crippen molar-refractivity contribution in [1.29, 1.82) is 0 Å². The van der Waals surface area contributed by atoms with Crippen molar-refractivity contribution in [2.45, 2.75) is 79.1 Å². The highest BCUT2D eigenvalue weighted by Gasteiger charge is 2.09. The maximum Gasteiger partial charge on any atom is 0.308 e. The van der Waals surface area contributed by atoms with Gasteiger partial charge in [-0.3, -0.25) is 19.2 Å². The summed E-state index contributed by atoms with van der Waals surface area (Å²) in [5.74, 6) is -1.35. The first-order valence-electron chi connectivity index (χ1n) is 10.9. The standard InChI is InChI=1S/C22H38O8/c1-17(2)21(25)29-13-9-5-7-11-19(23)27-15-16-28-20(24)12-8-6-10-14-30-22(26)18(3)4/h17-18H,5-16H2,1-4H3. The van der Waals surface area contributed by atoms with Gasteiger partial charge in [-0.05, 0) is 38.5 Å². The second kappa shape index (κ2) is 17.7. The van der Waals surface area contributed by atoms with Crippen molar-refractivity contribution in [2.24, 2.45) is 11.8 Å². The van der Waals surface area contributed by atoms with Crippen LogP contribution in [0.2, 0.25) is 0 Å². The molecule has 0 aromatic carbocycles. The van der Waals surface area contributed by atoms with Crippen LogP contribution in [0.25, 0.3) is 0 Å². The zero-order valence-electron chi connectivity index (χ0n) is 18.9. The number of carbonyl (C=O) groups is 4. The molecule has 0 amide bonds. The minimum Gasteiger partial charge on any atom is -0.465 e. The van der Waals surface area contributed by atoms with Gasteiger partial charge in [0.15, 0.2) is 0 Å². The van der Waals surface area contributed by atoms with E-state index in [0.717, 1.165) is 12.8 Å². The Kier molecular flexibility index (Phi) is 16.5. The van der Waals surface area contributed by atoms with E-state index in [-0.39, 0.29) is 61.8 Å². The summed E-state index contributed by atoms with van der Waals surface area (Å²) in [5.41, 5.74) is 0. The molecular formula is C22H38O8. The van der Waals surface area contributed by atoms with E-state index < -0.39 is 0 Å². The predicted octanol–water partition coefficient (Wildman–Crippen LogP) is 3.59. The molecule has 0 atom stereocenters. The van der Waals surface area contributed by atoms with Gasteiger partial charge in [0.1, 0.15) is 13.2 Å². The molecule has 0 heterocycles. The molecule has 0 aliphatic carbocycles. The molecule has 0 fully saturated rings. The van der Waals surface area contributed by atoms with E-state index in [4.69, 9.17) is 18.9 Å². The molecular weight excluding hydrogens is 392 g/mol. The number of rotatable bonds is 17. The van der Waals surface area contributed by atoms with Gasteiger partial charge in [0.25, 0.3) is 0 Å². The Morgan fingerprint density at radius 1 is 0.500 bits per heavy atom. The van der Waals surface area contributed by atoms with E-state index in [1.807, 2.05) is 0 Å². The van der Waals surface area contributed by atoms with Crippen molar-refractivity contribution in [3.63, 3.8) is 0 Å². The third kappa shape index (κ3) is 16.8. The molecule has 0 N–H and O–H groups in total. The van der Waals surface area contributed by atoms with E-state index in [9.17, 15) is 19.2 Å². The first-order chi connectivity index (χ1) is 14.2. The molecule has 0 aromatic rings. The molecule has 0 aliphatic heterocycles. The van der Waals surface area contributed by atoms with Crippen LogP contribution in [0.3, 0.4) is 0 Å². The van der Waals surface area contributed by atoms with E-state index in [0.29, 0.717) is 38.9 Å². The lowest BCUT2D eigenvalue weighted by molar-refractivity contribution is -0.152. The number of carbonyl (C=O) groups excluding carboxylic acids is 4. The molecule has 0 aliphatic rings. The summed E-state index contributed by atoms with van der Waals surface area (Å²) < 4.78 is 20.1. The number of hydrogen-bond donors (Lipinski definition) is 0. The second-order valence-corrected chi connectivity index (χ2v) is 7.71. The van der Waals surface area contributed by atoms with Gasteiger partial charge in [0.05, 0.1) is 25.0 Å². The summed E-state index contributed by atoms with van der Waals surface area (Å²) in [6.07, 6.45) is 4.85. The largest absolute Gasteiger partial charge is 0.465 e. The fourth-order valence-corrected chi connectivity index (χ4v) is 2.23. The molecule has 8 nitrogen and oxygen atoms in total. The van der Waals surface area contributed by atoms with Crippen LogP contribution in [0.1, 0.15) is 79.1 Å². The molecule has 0 bridgehead atoms. The molecule has 0 spiro atoms. The highest BCUT2D eigenvalue weighted by Crippen LogP contribution is 2.05. The van der Waals surface area contributed by atoms with Crippen molar-refractivity contribution < 1.29 is 38.1 Å². The topological polar surface area (TPSA) is 105 Å². The van der Waals surface area contributed by atoms with Crippen LogP contribution < -0.4 is 0 Å². The van der Waals surface area contributed by atoms with Crippen LogP contribution in [0, 0.1) is 11.8 Å². The maximum absolute atomic E-state index is 11.6. The van der Waals surface area contributed by atoms with Crippen LogP contribution in [-0.2, 0) is 38.1 Å². The Hall–Kier alpha value is -2.12. The molecule has 8 heteroatoms. The predicted molar refractivity (Wildman–Crippen MR) is 110 cm³/mol. The van der Waals surface area contributed by atoms with Gasteiger partial charge in [0.2, 0.25) is 0 Å². The average molecular weight is 431 g/mol. The fourth-order valence-electron chi connectivity index (χ4n) is 2.23. The third-order valence-electron chi connectivity index (χ3n) is 4.09. The third-order valence-corrected chi connectivity index (χ3v) is 4.09. The molecule has 30 heavy (non-hydrogen) atoms. The molecule has 0 rings (SSSR count). The summed E-state index contributed by atoms with van der Waals surface area (Å²) in [6.45, 7) is 7.95. The summed E-state index contributed by atoms with van der Waals surface area (Å²) in [7, 11) is 0.